The zero-order chi connectivity index (χ0) is 11.1. The van der Waals surface area contributed by atoms with E-state index in [-0.39, 0.29) is 11.1 Å². The summed E-state index contributed by atoms with van der Waals surface area (Å²) >= 11 is 3.09. The normalized spacial score (nSPS) is 18.6. The fourth-order valence-electron chi connectivity index (χ4n) is 1.44. The molecule has 15 heavy (non-hydrogen) atoms. The molecule has 2 N–H and O–H groups in total. The van der Waals surface area contributed by atoms with E-state index in [4.69, 9.17) is 0 Å². The van der Waals surface area contributed by atoms with Crippen LogP contribution < -0.4 is 0 Å². The van der Waals surface area contributed by atoms with Crippen LogP contribution in [0.15, 0.2) is 28.5 Å². The van der Waals surface area contributed by atoms with Gasteiger partial charge in [0.15, 0.2) is 5.78 Å². The van der Waals surface area contributed by atoms with Crippen molar-refractivity contribution < 1.29 is 13.9 Å². The summed E-state index contributed by atoms with van der Waals surface area (Å²) in [6.45, 7) is 0. The molecule has 0 aromatic heterocycles. The minimum Gasteiger partial charge on any atom is -0.293 e. The Kier molecular flexibility index (Phi) is 2.72. The first kappa shape index (κ1) is 10.9. The number of alkyl halides is 1. The van der Waals surface area contributed by atoms with E-state index in [1.54, 1.807) is 24.3 Å². The molecule has 80 valence electrons. The highest BCUT2D eigenvalue weighted by Gasteiger charge is 2.22. The molecule has 0 unspecified atom stereocenters. The van der Waals surface area contributed by atoms with Crippen molar-refractivity contribution in [3.8, 4) is 0 Å². The molecule has 1 aliphatic rings. The number of fused-ring (bicyclic) bond motifs is 1. The average Bonchev–Trinajstić information content (AvgIpc) is 2.53. The quantitative estimate of drug-likeness (QED) is 0.648. The number of carbonyl (C=O) groups is 1. The van der Waals surface area contributed by atoms with Crippen LogP contribution >= 0.6 is 26.5 Å². The summed E-state index contributed by atoms with van der Waals surface area (Å²) in [7, 11) is -2.76. The average molecular weight is 289 g/mol. The molecular weight excluding hydrogens is 280 g/mol. The highest BCUT2D eigenvalue weighted by atomic mass is 79.9. The first-order valence-corrected chi connectivity index (χ1v) is 6.97. The van der Waals surface area contributed by atoms with Crippen LogP contribution in [0.2, 0.25) is 0 Å². The SMILES string of the molecule is O=C(CBr)c1ccc2c(c1)C=CS2(O)O. The lowest BCUT2D eigenvalue weighted by molar-refractivity contribution is 0.102. The van der Waals surface area contributed by atoms with E-state index < -0.39 is 10.6 Å². The smallest absolute Gasteiger partial charge is 0.173 e. The topological polar surface area (TPSA) is 57.5 Å². The Bertz CT molecular complexity index is 454. The van der Waals surface area contributed by atoms with Gasteiger partial charge in [-0.2, -0.15) is 0 Å². The van der Waals surface area contributed by atoms with Crippen molar-refractivity contribution >= 4 is 38.4 Å². The van der Waals surface area contributed by atoms with Crippen LogP contribution in [0.25, 0.3) is 6.08 Å². The van der Waals surface area contributed by atoms with Crippen molar-refractivity contribution in [2.24, 2.45) is 0 Å². The van der Waals surface area contributed by atoms with Crippen molar-refractivity contribution in [2.75, 3.05) is 5.33 Å². The standard InChI is InChI=1S/C10H9BrO3S/c11-6-9(12)7-1-2-10-8(5-7)3-4-15(10,13)14/h1-5,13-14H,6H2. The molecule has 0 spiro atoms. The van der Waals surface area contributed by atoms with E-state index in [0.29, 0.717) is 16.0 Å². The van der Waals surface area contributed by atoms with E-state index in [9.17, 15) is 13.9 Å². The lowest BCUT2D eigenvalue weighted by Gasteiger charge is -2.25. The molecular formula is C10H9BrO3S. The van der Waals surface area contributed by atoms with E-state index >= 15 is 0 Å². The van der Waals surface area contributed by atoms with Gasteiger partial charge in [-0.1, -0.05) is 15.9 Å². The molecule has 0 bridgehead atoms. The summed E-state index contributed by atoms with van der Waals surface area (Å²) in [5, 5.41) is 1.64. The number of hydrogen-bond donors (Lipinski definition) is 2. The van der Waals surface area contributed by atoms with Gasteiger partial charge in [-0.05, 0) is 29.8 Å². The van der Waals surface area contributed by atoms with E-state index in [1.165, 1.54) is 5.41 Å². The minimum atomic E-state index is -2.76. The molecule has 0 saturated heterocycles. The Labute approximate surface area is 97.3 Å². The maximum Gasteiger partial charge on any atom is 0.173 e. The second-order valence-electron chi connectivity index (χ2n) is 3.21. The number of rotatable bonds is 2. The van der Waals surface area contributed by atoms with Gasteiger partial charge in [0.2, 0.25) is 0 Å². The van der Waals surface area contributed by atoms with Crippen LogP contribution in [0.1, 0.15) is 15.9 Å². The molecule has 0 saturated carbocycles. The van der Waals surface area contributed by atoms with Crippen LogP contribution in [-0.2, 0) is 0 Å². The van der Waals surface area contributed by atoms with Crippen molar-refractivity contribution in [2.45, 2.75) is 4.90 Å². The van der Waals surface area contributed by atoms with Crippen LogP contribution in [-0.4, -0.2) is 20.2 Å². The van der Waals surface area contributed by atoms with Crippen molar-refractivity contribution in [1.82, 2.24) is 0 Å². The summed E-state index contributed by atoms with van der Waals surface area (Å²) in [5.41, 5.74) is 1.29. The molecule has 1 heterocycles. The fraction of sp³-hybridized carbons (Fsp3) is 0.100. The fourth-order valence-corrected chi connectivity index (χ4v) is 2.99. The van der Waals surface area contributed by atoms with Crippen LogP contribution in [0.3, 0.4) is 0 Å². The minimum absolute atomic E-state index is 0.0189. The van der Waals surface area contributed by atoms with Crippen molar-refractivity contribution in [3.05, 3.63) is 34.7 Å². The molecule has 0 atom stereocenters. The van der Waals surface area contributed by atoms with E-state index in [2.05, 4.69) is 15.9 Å². The number of hydrogen-bond acceptors (Lipinski definition) is 3. The van der Waals surface area contributed by atoms with Gasteiger partial charge in [0, 0.05) is 11.0 Å². The van der Waals surface area contributed by atoms with Gasteiger partial charge < -0.3 is 0 Å². The van der Waals surface area contributed by atoms with Crippen LogP contribution in [0.5, 0.6) is 0 Å². The first-order chi connectivity index (χ1) is 7.04. The Hall–Kier alpha value is -0.620. The van der Waals surface area contributed by atoms with E-state index in [0.717, 1.165) is 0 Å². The molecule has 0 radical (unpaired) electrons. The third-order valence-corrected chi connectivity index (χ3v) is 4.26. The molecule has 0 amide bonds. The van der Waals surface area contributed by atoms with Crippen LogP contribution in [0.4, 0.5) is 0 Å². The zero-order valence-corrected chi connectivity index (χ0v) is 10.1. The highest BCUT2D eigenvalue weighted by Crippen LogP contribution is 2.55. The van der Waals surface area contributed by atoms with Gasteiger partial charge in [0.05, 0.1) is 10.2 Å². The highest BCUT2D eigenvalue weighted by molar-refractivity contribution is 9.09. The lowest BCUT2D eigenvalue weighted by atomic mass is 10.1. The largest absolute Gasteiger partial charge is 0.293 e. The summed E-state index contributed by atoms with van der Waals surface area (Å²) in [4.78, 5) is 11.9. The summed E-state index contributed by atoms with van der Waals surface area (Å²) in [6, 6.07) is 4.89. The number of benzene rings is 1. The van der Waals surface area contributed by atoms with Gasteiger partial charge >= 0.3 is 0 Å². The van der Waals surface area contributed by atoms with Gasteiger partial charge in [0.1, 0.15) is 0 Å². The zero-order valence-electron chi connectivity index (χ0n) is 7.68. The predicted octanol–water partition coefficient (Wildman–Crippen LogP) is 3.36. The number of carbonyl (C=O) groups excluding carboxylic acids is 1. The van der Waals surface area contributed by atoms with E-state index in [1.807, 2.05) is 0 Å². The second kappa shape index (κ2) is 3.75. The van der Waals surface area contributed by atoms with Crippen molar-refractivity contribution in [3.63, 3.8) is 0 Å². The van der Waals surface area contributed by atoms with Gasteiger partial charge in [-0.15, -0.1) is 10.6 Å². The molecule has 3 nitrogen and oxygen atoms in total. The number of Topliss-reactive ketones (excluding diaryl/α,β-unsaturated/α-hetero) is 1. The molecule has 0 fully saturated rings. The second-order valence-corrected chi connectivity index (χ2v) is 5.66. The lowest BCUT2D eigenvalue weighted by Crippen LogP contribution is -2.01. The Morgan fingerprint density at radius 1 is 1.40 bits per heavy atom. The van der Waals surface area contributed by atoms with Crippen molar-refractivity contribution in [1.29, 1.82) is 0 Å². The summed E-state index contributed by atoms with van der Waals surface area (Å²) < 4.78 is 19.2. The Balaban J connectivity index is 2.46. The molecule has 2 rings (SSSR count). The third kappa shape index (κ3) is 1.88. The Morgan fingerprint density at radius 2 is 2.13 bits per heavy atom. The van der Waals surface area contributed by atoms with Gasteiger partial charge in [-0.3, -0.25) is 13.9 Å². The monoisotopic (exact) mass is 288 g/mol. The molecule has 1 aliphatic heterocycles. The first-order valence-electron chi connectivity index (χ1n) is 4.24. The predicted molar refractivity (Wildman–Crippen MR) is 64.7 cm³/mol. The van der Waals surface area contributed by atoms with Gasteiger partial charge in [0.25, 0.3) is 0 Å². The third-order valence-electron chi connectivity index (χ3n) is 2.21. The maximum atomic E-state index is 11.4. The maximum absolute atomic E-state index is 11.4. The van der Waals surface area contributed by atoms with Gasteiger partial charge in [-0.25, -0.2) is 0 Å². The molecule has 1 aromatic carbocycles. The van der Waals surface area contributed by atoms with Crippen LogP contribution in [0, 0.1) is 0 Å². The molecule has 1 aromatic rings. The molecule has 0 aliphatic carbocycles. The molecule has 5 heteroatoms. The Morgan fingerprint density at radius 3 is 2.80 bits per heavy atom. The number of ketones is 1. The summed E-state index contributed by atoms with van der Waals surface area (Å²) in [6.07, 6.45) is 1.63. The number of halogens is 1. The summed E-state index contributed by atoms with van der Waals surface area (Å²) in [5.74, 6) is -0.0189.